The van der Waals surface area contributed by atoms with E-state index >= 15 is 0 Å². The highest BCUT2D eigenvalue weighted by atomic mass is 35.5. The van der Waals surface area contributed by atoms with Crippen LogP contribution < -0.4 is 5.73 Å². The monoisotopic (exact) mass is 541 g/mol. The van der Waals surface area contributed by atoms with Crippen LogP contribution in [0.1, 0.15) is 206 Å². The molecule has 0 heterocycles. The van der Waals surface area contributed by atoms with Crippen LogP contribution in [-0.2, 0) is 4.79 Å². The van der Waals surface area contributed by atoms with Crippen molar-refractivity contribution in [1.82, 2.24) is 0 Å². The summed E-state index contributed by atoms with van der Waals surface area (Å²) in [7, 11) is 0. The van der Waals surface area contributed by atoms with E-state index in [1.807, 2.05) is 0 Å². The normalized spacial score (nSPS) is 12.3. The number of amides is 1. The second kappa shape index (κ2) is 32.0. The molecule has 0 aliphatic heterocycles. The lowest BCUT2D eigenvalue weighted by molar-refractivity contribution is -0.117. The smallest absolute Gasteiger partial charge is 0.235 e. The predicted molar refractivity (Wildman–Crippen MR) is 168 cm³/mol. The molecule has 1 unspecified atom stereocenters. The maximum absolute atomic E-state index is 10.9. The number of unbranched alkanes of at least 4 members (excludes halogenated alkanes) is 29. The van der Waals surface area contributed by atoms with Crippen molar-refractivity contribution in [2.75, 3.05) is 0 Å². The summed E-state index contributed by atoms with van der Waals surface area (Å²) in [4.78, 5) is 10.9. The Kier molecular flexibility index (Phi) is 31.8. The van der Waals surface area contributed by atoms with E-state index in [0.29, 0.717) is 0 Å². The number of nitrogens with two attached hydrogens (primary N) is 1. The van der Waals surface area contributed by atoms with Crippen LogP contribution in [0, 0.1) is 0 Å². The van der Waals surface area contributed by atoms with Crippen molar-refractivity contribution in [3.63, 3.8) is 0 Å². The second-order valence-electron chi connectivity index (χ2n) is 11.9. The van der Waals surface area contributed by atoms with Crippen LogP contribution in [0.15, 0.2) is 0 Å². The summed E-state index contributed by atoms with van der Waals surface area (Å²) in [6.07, 6.45) is 43.2. The molecule has 222 valence electrons. The van der Waals surface area contributed by atoms with Gasteiger partial charge in [0.15, 0.2) is 0 Å². The molecule has 0 spiro atoms. The molecule has 0 aromatic heterocycles. The molecule has 1 atom stereocenters. The highest BCUT2D eigenvalue weighted by Gasteiger charge is 2.09. The van der Waals surface area contributed by atoms with E-state index in [2.05, 4.69) is 6.92 Å². The lowest BCUT2D eigenvalue weighted by Gasteiger charge is -2.05. The van der Waals surface area contributed by atoms with Crippen LogP contribution in [0.4, 0.5) is 0 Å². The number of carbonyl (C=O) groups is 1. The molecule has 0 aliphatic rings. The van der Waals surface area contributed by atoms with Crippen molar-refractivity contribution in [2.24, 2.45) is 5.73 Å². The Balaban J connectivity index is 3.05. The average Bonchev–Trinajstić information content (AvgIpc) is 2.89. The van der Waals surface area contributed by atoms with Crippen LogP contribution in [-0.4, -0.2) is 11.3 Å². The molecule has 0 saturated heterocycles. The molecule has 2 nitrogen and oxygen atoms in total. The summed E-state index contributed by atoms with van der Waals surface area (Å²) in [6, 6.07) is 0. The number of primary amides is 1. The quantitative estimate of drug-likeness (QED) is 0.0667. The van der Waals surface area contributed by atoms with Gasteiger partial charge in [0.05, 0.1) is 0 Å². The van der Waals surface area contributed by atoms with Gasteiger partial charge in [-0.2, -0.15) is 0 Å². The van der Waals surface area contributed by atoms with Crippen LogP contribution in [0.25, 0.3) is 0 Å². The molecule has 0 aromatic rings. The van der Waals surface area contributed by atoms with Gasteiger partial charge in [0.1, 0.15) is 5.38 Å². The van der Waals surface area contributed by atoms with Crippen LogP contribution in [0.2, 0.25) is 0 Å². The second-order valence-corrected chi connectivity index (χ2v) is 12.4. The third kappa shape index (κ3) is 31.9. The van der Waals surface area contributed by atoms with Crippen LogP contribution in [0.3, 0.4) is 0 Å². The highest BCUT2D eigenvalue weighted by Crippen LogP contribution is 2.17. The zero-order valence-corrected chi connectivity index (χ0v) is 26.1. The lowest BCUT2D eigenvalue weighted by atomic mass is 10.0. The van der Waals surface area contributed by atoms with E-state index in [9.17, 15) is 4.79 Å². The van der Waals surface area contributed by atoms with E-state index in [1.165, 1.54) is 186 Å². The first-order valence-corrected chi connectivity index (χ1v) is 17.6. The van der Waals surface area contributed by atoms with E-state index in [-0.39, 0.29) is 5.91 Å². The molecule has 3 heteroatoms. The number of hydrogen-bond acceptors (Lipinski definition) is 1. The minimum Gasteiger partial charge on any atom is -0.368 e. The third-order valence-electron chi connectivity index (χ3n) is 8.12. The minimum absolute atomic E-state index is 0.378. The Bertz CT molecular complexity index is 442. The van der Waals surface area contributed by atoms with Crippen molar-refractivity contribution in [3.8, 4) is 0 Å². The molecule has 0 bridgehead atoms. The SMILES string of the molecule is CCCCCCCCCCCCCCCCCCCCCCCCCCCCCCCCC(Cl)C(N)=O. The van der Waals surface area contributed by atoms with Gasteiger partial charge in [-0.05, 0) is 6.42 Å². The zero-order valence-electron chi connectivity index (χ0n) is 25.4. The largest absolute Gasteiger partial charge is 0.368 e. The Hall–Kier alpha value is -0.240. The maximum Gasteiger partial charge on any atom is 0.235 e. The summed E-state index contributed by atoms with van der Waals surface area (Å²) in [5, 5.41) is -0.473. The van der Waals surface area contributed by atoms with Crippen molar-refractivity contribution in [1.29, 1.82) is 0 Å². The predicted octanol–water partition coefficient (Wildman–Crippen LogP) is 12.2. The topological polar surface area (TPSA) is 43.1 Å². The third-order valence-corrected chi connectivity index (χ3v) is 8.55. The number of halogens is 1. The fraction of sp³-hybridized carbons (Fsp3) is 0.971. The Morgan fingerprint density at radius 3 is 0.811 bits per heavy atom. The van der Waals surface area contributed by atoms with Crippen molar-refractivity contribution >= 4 is 17.5 Å². The van der Waals surface area contributed by atoms with Gasteiger partial charge in [-0.1, -0.05) is 200 Å². The number of carbonyl (C=O) groups excluding carboxylic acids is 1. The van der Waals surface area contributed by atoms with Gasteiger partial charge < -0.3 is 5.73 Å². The summed E-state index contributed by atoms with van der Waals surface area (Å²) >= 11 is 5.86. The molecule has 0 saturated carbocycles. The molecular weight excluding hydrogens is 474 g/mol. The highest BCUT2D eigenvalue weighted by molar-refractivity contribution is 6.30. The Morgan fingerprint density at radius 1 is 0.432 bits per heavy atom. The molecule has 0 aliphatic carbocycles. The van der Waals surface area contributed by atoms with Crippen LogP contribution in [0.5, 0.6) is 0 Å². The van der Waals surface area contributed by atoms with E-state index < -0.39 is 5.38 Å². The summed E-state index contributed by atoms with van der Waals surface area (Å²) < 4.78 is 0. The first kappa shape index (κ1) is 36.8. The fourth-order valence-electron chi connectivity index (χ4n) is 5.49. The van der Waals surface area contributed by atoms with E-state index in [4.69, 9.17) is 17.3 Å². The van der Waals surface area contributed by atoms with Gasteiger partial charge in [-0.15, -0.1) is 11.6 Å². The van der Waals surface area contributed by atoms with Gasteiger partial charge >= 0.3 is 0 Å². The van der Waals surface area contributed by atoms with Gasteiger partial charge in [-0.25, -0.2) is 0 Å². The fourth-order valence-corrected chi connectivity index (χ4v) is 5.64. The molecule has 0 radical (unpaired) electrons. The number of alkyl halides is 1. The van der Waals surface area contributed by atoms with Gasteiger partial charge in [0.2, 0.25) is 5.91 Å². The Labute approximate surface area is 239 Å². The van der Waals surface area contributed by atoms with Gasteiger partial charge in [0, 0.05) is 0 Å². The lowest BCUT2D eigenvalue weighted by Crippen LogP contribution is -2.23. The van der Waals surface area contributed by atoms with Crippen molar-refractivity contribution in [2.45, 2.75) is 211 Å². The molecular formula is C34H68ClNO. The summed E-state index contributed by atoms with van der Waals surface area (Å²) in [5.74, 6) is -0.378. The molecule has 1 amide bonds. The van der Waals surface area contributed by atoms with E-state index in [1.54, 1.807) is 0 Å². The van der Waals surface area contributed by atoms with Gasteiger partial charge in [0.25, 0.3) is 0 Å². The minimum atomic E-state index is -0.473. The number of hydrogen-bond donors (Lipinski definition) is 1. The molecule has 0 rings (SSSR count). The molecule has 2 N–H and O–H groups in total. The average molecular weight is 542 g/mol. The standard InChI is InChI=1S/C34H68ClNO/c1-2-3-4-5-6-7-8-9-10-11-12-13-14-15-16-17-18-19-20-21-22-23-24-25-26-27-28-29-30-31-32-33(35)34(36)37/h33H,2-32H2,1H3,(H2,36,37). The van der Waals surface area contributed by atoms with Crippen molar-refractivity contribution < 1.29 is 4.79 Å². The number of rotatable bonds is 32. The van der Waals surface area contributed by atoms with Crippen molar-refractivity contribution in [3.05, 3.63) is 0 Å². The zero-order chi connectivity index (χ0) is 27.1. The maximum atomic E-state index is 10.9. The Morgan fingerprint density at radius 2 is 0.622 bits per heavy atom. The molecule has 0 aromatic carbocycles. The first-order valence-electron chi connectivity index (χ1n) is 17.1. The molecule has 0 fully saturated rings. The molecule has 37 heavy (non-hydrogen) atoms. The van der Waals surface area contributed by atoms with E-state index in [0.717, 1.165) is 12.8 Å². The van der Waals surface area contributed by atoms with Gasteiger partial charge in [-0.3, -0.25) is 4.79 Å². The van der Waals surface area contributed by atoms with Crippen LogP contribution >= 0.6 is 11.6 Å². The summed E-state index contributed by atoms with van der Waals surface area (Å²) in [6.45, 7) is 2.30. The summed E-state index contributed by atoms with van der Waals surface area (Å²) in [5.41, 5.74) is 5.18. The first-order chi connectivity index (χ1) is 18.2.